The maximum absolute atomic E-state index is 6.89. The number of hydrogen-bond donors (Lipinski definition) is 2. The lowest BCUT2D eigenvalue weighted by atomic mass is 9.93. The van der Waals surface area contributed by atoms with Gasteiger partial charge in [-0.25, -0.2) is 9.97 Å². The van der Waals surface area contributed by atoms with Crippen LogP contribution in [0.5, 0.6) is 23.0 Å². The van der Waals surface area contributed by atoms with Crippen LogP contribution in [0, 0.1) is 13.8 Å². The Bertz CT molecular complexity index is 3600. The number of benzene rings is 4. The zero-order valence-corrected chi connectivity index (χ0v) is 58.0. The predicted octanol–water partition coefficient (Wildman–Crippen LogP) is 20.8. The molecule has 3 aromatic heterocycles. The summed E-state index contributed by atoms with van der Waals surface area (Å²) in [6, 6.07) is 34.0. The summed E-state index contributed by atoms with van der Waals surface area (Å²) < 4.78 is 50.8. The molecule has 0 amide bonds. The predicted molar refractivity (Wildman–Crippen MR) is 389 cm³/mol. The number of aromatic nitrogens is 4. The van der Waals surface area contributed by atoms with Crippen LogP contribution in [0.15, 0.2) is 97.1 Å². The Morgan fingerprint density at radius 1 is 0.351 bits per heavy atom. The molecule has 94 heavy (non-hydrogen) atoms. The molecule has 0 atom stereocenters. The number of allylic oxidation sites excluding steroid dienone is 4. The van der Waals surface area contributed by atoms with Gasteiger partial charge in [0.15, 0.2) is 0 Å². The van der Waals surface area contributed by atoms with E-state index in [1.165, 1.54) is 95.9 Å². The normalized spacial score (nSPS) is 15.0. The molecule has 0 radical (unpaired) electrons. The number of unbranched alkanes of at least 4 members (excludes halogenated alkanes) is 12. The molecule has 0 unspecified atom stereocenters. The standard InChI is InChI=1S/C82H106N4O8/c1-9-13-17-21-31-61-57(5)79-77-67-35-25-27-39-75(67)93-53-49-89-45-43-87-47-51-91-73-41-29-38-66-65(73)37-30-42-74(66)92-52-48-88-44-46-90-50-54-94-76-40-28-26-36-68(76)78(81-58(6)62(32-22-18-14-10-2)70(84-81)55-69(61)83-79)82-60(8)64(34-24-20-16-12-4)72(86-82)56-71-63(33-23-19-15-11-3)59(7)80(77)85-71/h25-30,35-42,55-56,83,86H,9-24,31-34,43-54H2,1-8H3. The second kappa shape index (κ2) is 36.0. The summed E-state index contributed by atoms with van der Waals surface area (Å²) in [7, 11) is 0. The van der Waals surface area contributed by atoms with Crippen molar-refractivity contribution < 1.29 is 37.9 Å². The zero-order valence-electron chi connectivity index (χ0n) is 58.0. The second-order valence-electron chi connectivity index (χ2n) is 25.7. The van der Waals surface area contributed by atoms with E-state index in [1.807, 2.05) is 24.3 Å². The minimum atomic E-state index is 0.360. The van der Waals surface area contributed by atoms with Crippen LogP contribution in [0.2, 0.25) is 0 Å². The molecule has 2 N–H and O–H groups in total. The first kappa shape index (κ1) is 69.6. The van der Waals surface area contributed by atoms with Gasteiger partial charge in [-0.3, -0.25) is 0 Å². The van der Waals surface area contributed by atoms with E-state index in [0.717, 1.165) is 178 Å². The first-order valence-electron chi connectivity index (χ1n) is 36.0. The average Bonchev–Trinajstić information content (AvgIpc) is 1.59. The molecule has 4 aliphatic heterocycles. The summed E-state index contributed by atoms with van der Waals surface area (Å²) in [5.74, 6) is 3.14. The van der Waals surface area contributed by atoms with Crippen molar-refractivity contribution in [3.8, 4) is 45.3 Å². The highest BCUT2D eigenvalue weighted by atomic mass is 16.6. The molecule has 0 spiro atoms. The number of hydrogen-bond acceptors (Lipinski definition) is 10. The molecule has 0 saturated carbocycles. The molecule has 0 aliphatic carbocycles. The SMILES string of the molecule is CCCCCCC1=C(C)c2nc1cc1[nH]c(c(C)c1CCCCCC)c1c3nc(cc4[nH]c(c(C)c4CCCCCC)c2-c2ccccc2OCCOCCOCCOc2cccc4c(cccc24)OCCOCCOCCOc2ccccc2-1)C(CCCCCC)=C3C. The molecule has 502 valence electrons. The van der Waals surface area contributed by atoms with Crippen molar-refractivity contribution >= 4 is 55.1 Å². The van der Waals surface area contributed by atoms with Gasteiger partial charge in [0.05, 0.1) is 86.7 Å². The van der Waals surface area contributed by atoms with Crippen LogP contribution in [0.1, 0.15) is 202 Å². The van der Waals surface area contributed by atoms with Gasteiger partial charge in [-0.15, -0.1) is 0 Å². The van der Waals surface area contributed by atoms with E-state index in [9.17, 15) is 0 Å². The van der Waals surface area contributed by atoms with Crippen LogP contribution in [0.4, 0.5) is 0 Å². The van der Waals surface area contributed by atoms with Gasteiger partial charge in [-0.05, 0) is 160 Å². The lowest BCUT2D eigenvalue weighted by Gasteiger charge is -2.15. The Morgan fingerprint density at radius 3 is 1.05 bits per heavy atom. The van der Waals surface area contributed by atoms with E-state index in [1.54, 1.807) is 0 Å². The topological polar surface area (TPSA) is 131 Å². The van der Waals surface area contributed by atoms with E-state index >= 15 is 0 Å². The van der Waals surface area contributed by atoms with Crippen molar-refractivity contribution in [3.63, 3.8) is 0 Å². The maximum Gasteiger partial charge on any atom is 0.127 e. The number of para-hydroxylation sites is 2. The Kier molecular flexibility index (Phi) is 26.7. The molecule has 4 aliphatic rings. The lowest BCUT2D eigenvalue weighted by Crippen LogP contribution is -2.14. The Morgan fingerprint density at radius 2 is 0.681 bits per heavy atom. The van der Waals surface area contributed by atoms with E-state index in [4.69, 9.17) is 47.9 Å². The number of nitrogens with zero attached hydrogens (tertiary/aromatic N) is 2. The first-order valence-corrected chi connectivity index (χ1v) is 36.0. The third-order valence-corrected chi connectivity index (χ3v) is 19.0. The Hall–Kier alpha value is -7.22. The zero-order chi connectivity index (χ0) is 65.4. The van der Waals surface area contributed by atoms with Gasteiger partial charge in [0, 0.05) is 44.1 Å². The van der Waals surface area contributed by atoms with Gasteiger partial charge in [0.1, 0.15) is 49.4 Å². The highest BCUT2D eigenvalue weighted by Gasteiger charge is 2.29. The largest absolute Gasteiger partial charge is 0.491 e. The number of ether oxygens (including phenoxy) is 8. The molecule has 0 saturated heterocycles. The van der Waals surface area contributed by atoms with E-state index < -0.39 is 0 Å². The van der Waals surface area contributed by atoms with E-state index in [0.29, 0.717) is 79.3 Å². The number of aromatic amines is 2. The van der Waals surface area contributed by atoms with Crippen molar-refractivity contribution in [2.45, 2.75) is 184 Å². The molecule has 11 rings (SSSR count). The first-order chi connectivity index (χ1) is 46.2. The summed E-state index contributed by atoms with van der Waals surface area (Å²) in [4.78, 5) is 20.3. The molecule has 14 bridgehead atoms. The molecule has 0 fully saturated rings. The van der Waals surface area contributed by atoms with Crippen molar-refractivity contribution in [3.05, 3.63) is 142 Å². The van der Waals surface area contributed by atoms with Gasteiger partial charge >= 0.3 is 0 Å². The van der Waals surface area contributed by atoms with Crippen LogP contribution >= 0.6 is 0 Å². The van der Waals surface area contributed by atoms with Crippen LogP contribution in [0.25, 0.3) is 77.4 Å². The quantitative estimate of drug-likeness (QED) is 0.0562. The van der Waals surface area contributed by atoms with Crippen molar-refractivity contribution in [1.82, 2.24) is 19.9 Å². The average molecular weight is 1280 g/mol. The van der Waals surface area contributed by atoms with Gasteiger partial charge in [-0.1, -0.05) is 165 Å². The van der Waals surface area contributed by atoms with Crippen LogP contribution in [0.3, 0.4) is 0 Å². The molecule has 7 aromatic rings. The minimum absolute atomic E-state index is 0.360. The lowest BCUT2D eigenvalue weighted by molar-refractivity contribution is 0.0274. The van der Waals surface area contributed by atoms with E-state index in [-0.39, 0.29) is 0 Å². The highest BCUT2D eigenvalue weighted by Crippen LogP contribution is 2.47. The number of aryl methyl sites for hydroxylation is 4. The third-order valence-electron chi connectivity index (χ3n) is 19.0. The number of nitrogens with one attached hydrogen (secondary N) is 2. The molecular weight excluding hydrogens is 1170 g/mol. The van der Waals surface area contributed by atoms with E-state index in [2.05, 4.69) is 138 Å². The maximum atomic E-state index is 6.89. The van der Waals surface area contributed by atoms with Gasteiger partial charge in [-0.2, -0.15) is 0 Å². The van der Waals surface area contributed by atoms with Gasteiger partial charge < -0.3 is 47.9 Å². The molecule has 12 heteroatoms. The fraction of sp³-hybridized carbons (Fsp3) is 0.488. The van der Waals surface area contributed by atoms with Gasteiger partial charge in [0.2, 0.25) is 0 Å². The summed E-state index contributed by atoms with van der Waals surface area (Å²) in [6.07, 6.45) is 22.2. The summed E-state index contributed by atoms with van der Waals surface area (Å²) >= 11 is 0. The summed E-state index contributed by atoms with van der Waals surface area (Å²) in [6.45, 7) is 23.3. The van der Waals surface area contributed by atoms with Crippen molar-refractivity contribution in [1.29, 1.82) is 0 Å². The fourth-order valence-corrected chi connectivity index (χ4v) is 13.8. The number of rotatable bonds is 20. The van der Waals surface area contributed by atoms with Crippen LogP contribution in [-0.4, -0.2) is 99.2 Å². The second-order valence-corrected chi connectivity index (χ2v) is 25.7. The van der Waals surface area contributed by atoms with Crippen LogP contribution < -0.4 is 18.9 Å². The van der Waals surface area contributed by atoms with Crippen molar-refractivity contribution in [2.24, 2.45) is 0 Å². The molecule has 7 heterocycles. The minimum Gasteiger partial charge on any atom is -0.491 e. The highest BCUT2D eigenvalue weighted by molar-refractivity contribution is 6.04. The molecular formula is C82H106N4O8. The number of fused-ring (bicyclic) bond motifs is 18. The third kappa shape index (κ3) is 17.4. The molecule has 4 aromatic carbocycles. The number of H-pyrrole nitrogens is 2. The molecule has 12 nitrogen and oxygen atoms in total. The fourth-order valence-electron chi connectivity index (χ4n) is 13.8. The Labute approximate surface area is 560 Å². The Balaban J connectivity index is 1.18. The van der Waals surface area contributed by atoms with Crippen LogP contribution in [-0.2, 0) is 31.8 Å². The summed E-state index contributed by atoms with van der Waals surface area (Å²) in [5, 5.41) is 1.96. The monoisotopic (exact) mass is 1270 g/mol. The summed E-state index contributed by atoms with van der Waals surface area (Å²) in [5.41, 5.74) is 22.6. The van der Waals surface area contributed by atoms with Crippen molar-refractivity contribution in [2.75, 3.05) is 79.3 Å². The van der Waals surface area contributed by atoms with Gasteiger partial charge in [0.25, 0.3) is 0 Å². The smallest absolute Gasteiger partial charge is 0.127 e.